The number of carbonyl (C=O) groups excluding carboxylic acids is 1. The third-order valence-electron chi connectivity index (χ3n) is 4.67. The number of rotatable bonds is 13. The highest BCUT2D eigenvalue weighted by Gasteiger charge is 2.39. The summed E-state index contributed by atoms with van der Waals surface area (Å²) in [5, 5.41) is 28.5. The molecule has 0 radical (unpaired) electrons. The van der Waals surface area contributed by atoms with Crippen LogP contribution in [0.25, 0.3) is 0 Å². The largest absolute Gasteiger partial charge is 0.480 e. The number of unbranched alkanes of at least 4 members (excludes halogenated alkanes) is 2. The average molecular weight is 356 g/mol. The van der Waals surface area contributed by atoms with Crippen LogP contribution >= 0.6 is 0 Å². The van der Waals surface area contributed by atoms with Gasteiger partial charge in [0.25, 0.3) is 0 Å². The monoisotopic (exact) mass is 356 g/mol. The van der Waals surface area contributed by atoms with Crippen molar-refractivity contribution in [2.24, 2.45) is 11.8 Å². The zero-order valence-corrected chi connectivity index (χ0v) is 15.1. The lowest BCUT2D eigenvalue weighted by Crippen LogP contribution is -2.19. The van der Waals surface area contributed by atoms with E-state index < -0.39 is 12.1 Å². The molecule has 0 saturated heterocycles. The van der Waals surface area contributed by atoms with Crippen LogP contribution in [0.15, 0.2) is 12.2 Å². The van der Waals surface area contributed by atoms with Gasteiger partial charge >= 0.3 is 5.97 Å². The van der Waals surface area contributed by atoms with Gasteiger partial charge in [0.15, 0.2) is 0 Å². The molecule has 4 atom stereocenters. The van der Waals surface area contributed by atoms with Gasteiger partial charge in [0, 0.05) is 24.9 Å². The first-order valence-corrected chi connectivity index (χ1v) is 9.30. The van der Waals surface area contributed by atoms with Crippen LogP contribution < -0.4 is 0 Å². The molecule has 6 heteroatoms. The van der Waals surface area contributed by atoms with Crippen LogP contribution in [0, 0.1) is 11.8 Å². The summed E-state index contributed by atoms with van der Waals surface area (Å²) in [6.07, 6.45) is 8.42. The number of hydrogen-bond donors (Lipinski definition) is 3. The molecule has 0 bridgehead atoms. The number of carboxylic acid groups (broad SMARTS) is 1. The van der Waals surface area contributed by atoms with Gasteiger partial charge in [-0.2, -0.15) is 0 Å². The third kappa shape index (κ3) is 8.61. The molecular weight excluding hydrogens is 324 g/mol. The second-order valence-electron chi connectivity index (χ2n) is 6.82. The number of carboxylic acids is 1. The van der Waals surface area contributed by atoms with Crippen LogP contribution in [-0.4, -0.2) is 52.5 Å². The molecule has 0 spiro atoms. The van der Waals surface area contributed by atoms with Crippen molar-refractivity contribution in [2.75, 3.05) is 13.2 Å². The second-order valence-corrected chi connectivity index (χ2v) is 6.82. The van der Waals surface area contributed by atoms with Gasteiger partial charge in [-0.1, -0.05) is 38.3 Å². The van der Waals surface area contributed by atoms with Crippen LogP contribution in [0.4, 0.5) is 0 Å². The molecule has 3 N–H and O–H groups in total. The normalized spacial score (nSPS) is 24.9. The minimum atomic E-state index is -0.986. The fourth-order valence-electron chi connectivity index (χ4n) is 3.27. The second kappa shape index (κ2) is 12.2. The summed E-state index contributed by atoms with van der Waals surface area (Å²) in [4.78, 5) is 22.4. The summed E-state index contributed by atoms with van der Waals surface area (Å²) >= 11 is 0. The maximum Gasteiger partial charge on any atom is 0.329 e. The van der Waals surface area contributed by atoms with Crippen molar-refractivity contribution in [1.29, 1.82) is 0 Å². The van der Waals surface area contributed by atoms with E-state index in [0.29, 0.717) is 25.9 Å². The van der Waals surface area contributed by atoms with Crippen molar-refractivity contribution >= 4 is 11.8 Å². The molecule has 1 fully saturated rings. The molecular formula is C19H32O6. The number of aliphatic hydroxyl groups is 2. The summed E-state index contributed by atoms with van der Waals surface area (Å²) in [6, 6.07) is 0. The van der Waals surface area contributed by atoms with E-state index in [4.69, 9.17) is 9.84 Å². The van der Waals surface area contributed by atoms with Crippen LogP contribution in [0.2, 0.25) is 0 Å². The zero-order chi connectivity index (χ0) is 18.7. The lowest BCUT2D eigenvalue weighted by molar-refractivity contribution is -0.142. The molecule has 0 aromatic heterocycles. The Morgan fingerprint density at radius 1 is 1.36 bits per heavy atom. The third-order valence-corrected chi connectivity index (χ3v) is 4.67. The Bertz CT molecular complexity index is 434. The number of Topliss-reactive ketones (excluding diaryl/α,β-unsaturated/α-hetero) is 1. The number of aliphatic carboxylic acids is 1. The molecule has 1 aliphatic carbocycles. The lowest BCUT2D eigenvalue weighted by Gasteiger charge is -2.17. The summed E-state index contributed by atoms with van der Waals surface area (Å²) in [5.74, 6) is -1.29. The Kier molecular flexibility index (Phi) is 10.6. The van der Waals surface area contributed by atoms with E-state index in [9.17, 15) is 19.8 Å². The van der Waals surface area contributed by atoms with E-state index in [1.807, 2.05) is 12.2 Å². The molecule has 0 amide bonds. The molecule has 0 heterocycles. The Morgan fingerprint density at radius 3 is 2.80 bits per heavy atom. The van der Waals surface area contributed by atoms with Gasteiger partial charge in [0.05, 0.1) is 12.2 Å². The minimum Gasteiger partial charge on any atom is -0.480 e. The van der Waals surface area contributed by atoms with Gasteiger partial charge in [-0.25, -0.2) is 4.79 Å². The number of aliphatic hydroxyl groups excluding tert-OH is 2. The van der Waals surface area contributed by atoms with Crippen molar-refractivity contribution in [3.05, 3.63) is 12.2 Å². The van der Waals surface area contributed by atoms with E-state index >= 15 is 0 Å². The van der Waals surface area contributed by atoms with E-state index in [0.717, 1.165) is 25.7 Å². The molecule has 0 aromatic rings. The fraction of sp³-hybridized carbons (Fsp3) is 0.789. The summed E-state index contributed by atoms with van der Waals surface area (Å²) in [5.41, 5.74) is 0. The van der Waals surface area contributed by atoms with Gasteiger partial charge < -0.3 is 20.1 Å². The molecule has 0 aliphatic heterocycles. The summed E-state index contributed by atoms with van der Waals surface area (Å²) in [6.45, 7) is 2.15. The molecule has 6 nitrogen and oxygen atoms in total. The maximum atomic E-state index is 12.1. The minimum absolute atomic E-state index is 0.0835. The molecule has 144 valence electrons. The highest BCUT2D eigenvalue weighted by Crippen LogP contribution is 2.34. The smallest absolute Gasteiger partial charge is 0.329 e. The number of ketones is 1. The molecule has 1 rings (SSSR count). The van der Waals surface area contributed by atoms with Crippen molar-refractivity contribution in [3.8, 4) is 0 Å². The number of carbonyl (C=O) groups is 2. The molecule has 0 aromatic carbocycles. The molecule has 1 unspecified atom stereocenters. The molecule has 1 saturated carbocycles. The predicted octanol–water partition coefficient (Wildman–Crippen LogP) is 2.32. The van der Waals surface area contributed by atoms with Gasteiger partial charge in [-0.15, -0.1) is 0 Å². The lowest BCUT2D eigenvalue weighted by atomic mass is 9.89. The molecule has 25 heavy (non-hydrogen) atoms. The van der Waals surface area contributed by atoms with Crippen molar-refractivity contribution in [1.82, 2.24) is 0 Å². The summed E-state index contributed by atoms with van der Waals surface area (Å²) in [7, 11) is 0. The first kappa shape index (κ1) is 21.8. The number of hydrogen-bond acceptors (Lipinski definition) is 5. The van der Waals surface area contributed by atoms with E-state index in [2.05, 4.69) is 6.92 Å². The standard InChI is InChI=1S/C19H32O6/c1-2-3-7-14(20)8-6-10-16-15(17(21)12-18(16)22)9-4-5-11-25-13-19(23)24/h6,10,14-16,18,20,22H,2-5,7-9,11-13H2,1H3,(H,23,24)/t14?,15-,16-,18-/m1/s1. The van der Waals surface area contributed by atoms with Crippen LogP contribution in [0.3, 0.4) is 0 Å². The highest BCUT2D eigenvalue weighted by molar-refractivity contribution is 5.84. The quantitative estimate of drug-likeness (QED) is 0.346. The Hall–Kier alpha value is -1.24. The summed E-state index contributed by atoms with van der Waals surface area (Å²) < 4.78 is 4.98. The first-order chi connectivity index (χ1) is 12.0. The van der Waals surface area contributed by atoms with Crippen molar-refractivity contribution < 1.29 is 29.6 Å². The topological polar surface area (TPSA) is 104 Å². The molecule has 1 aliphatic rings. The van der Waals surface area contributed by atoms with E-state index in [-0.39, 0.29) is 36.8 Å². The van der Waals surface area contributed by atoms with Crippen molar-refractivity contribution in [2.45, 2.75) is 70.5 Å². The van der Waals surface area contributed by atoms with Gasteiger partial charge in [0.1, 0.15) is 12.4 Å². The van der Waals surface area contributed by atoms with Gasteiger partial charge in [-0.05, 0) is 25.7 Å². The van der Waals surface area contributed by atoms with Gasteiger partial charge in [0.2, 0.25) is 0 Å². The zero-order valence-electron chi connectivity index (χ0n) is 15.1. The Labute approximate surface area is 149 Å². The fourth-order valence-corrected chi connectivity index (χ4v) is 3.27. The maximum absolute atomic E-state index is 12.1. The predicted molar refractivity (Wildman–Crippen MR) is 94.2 cm³/mol. The first-order valence-electron chi connectivity index (χ1n) is 9.30. The van der Waals surface area contributed by atoms with Crippen LogP contribution in [0.5, 0.6) is 0 Å². The van der Waals surface area contributed by atoms with Crippen LogP contribution in [0.1, 0.15) is 58.3 Å². The van der Waals surface area contributed by atoms with E-state index in [1.54, 1.807) is 0 Å². The Balaban J connectivity index is 2.37. The average Bonchev–Trinajstić information content (AvgIpc) is 2.82. The van der Waals surface area contributed by atoms with Gasteiger partial charge in [-0.3, -0.25) is 4.79 Å². The Morgan fingerprint density at radius 2 is 2.12 bits per heavy atom. The number of ether oxygens (including phenoxy) is 1. The van der Waals surface area contributed by atoms with Crippen LogP contribution in [-0.2, 0) is 14.3 Å². The van der Waals surface area contributed by atoms with E-state index in [1.165, 1.54) is 0 Å². The van der Waals surface area contributed by atoms with Crippen molar-refractivity contribution in [3.63, 3.8) is 0 Å². The SMILES string of the molecule is CCCCC(O)CC=C[C@H]1[C@H](O)CC(=O)[C@@H]1CCCCOCC(=O)O. The highest BCUT2D eigenvalue weighted by atomic mass is 16.5.